The summed E-state index contributed by atoms with van der Waals surface area (Å²) in [6.45, 7) is 5.12. The first kappa shape index (κ1) is 20.2. The number of nitrogens with one attached hydrogen (secondary N) is 2. The third-order valence-electron chi connectivity index (χ3n) is 4.15. The summed E-state index contributed by atoms with van der Waals surface area (Å²) >= 11 is 1.35. The summed E-state index contributed by atoms with van der Waals surface area (Å²) < 4.78 is 16.8. The molecule has 7 nitrogen and oxygen atoms in total. The Labute approximate surface area is 168 Å². The van der Waals surface area contributed by atoms with Crippen LogP contribution in [0.15, 0.2) is 29.6 Å². The molecule has 1 aromatic carbocycles. The summed E-state index contributed by atoms with van der Waals surface area (Å²) in [6, 6.07) is 6.91. The number of anilines is 2. The molecule has 1 aliphatic rings. The Bertz CT molecular complexity index is 816. The van der Waals surface area contributed by atoms with E-state index in [1.165, 1.54) is 11.3 Å². The minimum Gasteiger partial charge on any atom is -0.492 e. The minimum atomic E-state index is -0.455. The summed E-state index contributed by atoms with van der Waals surface area (Å²) in [6.07, 6.45) is 1.11. The van der Waals surface area contributed by atoms with Crippen molar-refractivity contribution in [3.05, 3.63) is 34.5 Å². The summed E-state index contributed by atoms with van der Waals surface area (Å²) in [5.74, 6) is 0.475. The van der Waals surface area contributed by atoms with Crippen molar-refractivity contribution >= 4 is 34.5 Å². The molecule has 0 saturated carbocycles. The van der Waals surface area contributed by atoms with E-state index in [-0.39, 0.29) is 11.8 Å². The Kier molecular flexibility index (Phi) is 6.89. The predicted octanol–water partition coefficient (Wildman–Crippen LogP) is 3.92. The number of hydrogen-bond acceptors (Lipinski definition) is 6. The van der Waals surface area contributed by atoms with E-state index in [1.807, 2.05) is 25.3 Å². The lowest BCUT2D eigenvalue weighted by molar-refractivity contribution is -0.124. The van der Waals surface area contributed by atoms with Crippen LogP contribution in [-0.2, 0) is 9.53 Å². The third kappa shape index (κ3) is 4.82. The molecular weight excluding hydrogens is 380 g/mol. The minimum absolute atomic E-state index is 0.212. The van der Waals surface area contributed by atoms with Crippen molar-refractivity contribution in [2.45, 2.75) is 32.8 Å². The number of thiophene rings is 1. The molecule has 1 saturated heterocycles. The van der Waals surface area contributed by atoms with Crippen LogP contribution < -0.4 is 20.1 Å². The number of carbonyl (C=O) groups is 2. The van der Waals surface area contributed by atoms with Gasteiger partial charge in [-0.05, 0) is 38.1 Å². The van der Waals surface area contributed by atoms with Gasteiger partial charge in [-0.3, -0.25) is 9.59 Å². The van der Waals surface area contributed by atoms with Crippen molar-refractivity contribution in [1.29, 1.82) is 0 Å². The first-order chi connectivity index (χ1) is 13.6. The van der Waals surface area contributed by atoms with Crippen LogP contribution >= 0.6 is 11.3 Å². The van der Waals surface area contributed by atoms with Crippen LogP contribution in [0.3, 0.4) is 0 Å². The van der Waals surface area contributed by atoms with Gasteiger partial charge >= 0.3 is 0 Å². The lowest BCUT2D eigenvalue weighted by atomic mass is 10.2. The monoisotopic (exact) mass is 404 g/mol. The maximum Gasteiger partial charge on any atom is 0.265 e. The molecule has 0 aliphatic carbocycles. The highest BCUT2D eigenvalue weighted by Crippen LogP contribution is 2.37. The molecule has 0 bridgehead atoms. The number of amides is 2. The Morgan fingerprint density at radius 2 is 1.82 bits per heavy atom. The fourth-order valence-corrected chi connectivity index (χ4v) is 3.51. The van der Waals surface area contributed by atoms with Crippen LogP contribution in [0.1, 0.15) is 36.4 Å². The van der Waals surface area contributed by atoms with E-state index in [2.05, 4.69) is 10.6 Å². The van der Waals surface area contributed by atoms with E-state index in [4.69, 9.17) is 14.2 Å². The van der Waals surface area contributed by atoms with Crippen LogP contribution in [-0.4, -0.2) is 37.7 Å². The quantitative estimate of drug-likeness (QED) is 0.697. The molecule has 3 rings (SSSR count). The van der Waals surface area contributed by atoms with Gasteiger partial charge in [0, 0.05) is 18.7 Å². The van der Waals surface area contributed by atoms with Crippen LogP contribution in [0.4, 0.5) is 11.4 Å². The number of carbonyl (C=O) groups excluding carboxylic acids is 2. The molecule has 1 aromatic heterocycles. The molecule has 1 atom stereocenters. The summed E-state index contributed by atoms with van der Waals surface area (Å²) in [4.78, 5) is 25.5. The Balaban J connectivity index is 1.87. The predicted molar refractivity (Wildman–Crippen MR) is 109 cm³/mol. The normalized spacial score (nSPS) is 15.9. The zero-order valence-electron chi connectivity index (χ0n) is 15.9. The number of hydrogen-bond donors (Lipinski definition) is 2. The van der Waals surface area contributed by atoms with E-state index < -0.39 is 6.10 Å². The van der Waals surface area contributed by atoms with E-state index in [1.54, 1.807) is 18.2 Å². The topological polar surface area (TPSA) is 85.9 Å². The van der Waals surface area contributed by atoms with Crippen molar-refractivity contribution < 1.29 is 23.8 Å². The number of ether oxygens (including phenoxy) is 3. The van der Waals surface area contributed by atoms with E-state index >= 15 is 0 Å². The van der Waals surface area contributed by atoms with Gasteiger partial charge in [-0.25, -0.2) is 0 Å². The molecule has 28 heavy (non-hydrogen) atoms. The smallest absolute Gasteiger partial charge is 0.265 e. The van der Waals surface area contributed by atoms with E-state index in [0.29, 0.717) is 54.0 Å². The van der Waals surface area contributed by atoms with Gasteiger partial charge in [0.1, 0.15) is 17.6 Å². The highest BCUT2D eigenvalue weighted by Gasteiger charge is 2.25. The molecule has 1 aliphatic heterocycles. The van der Waals surface area contributed by atoms with E-state index in [9.17, 15) is 9.59 Å². The molecule has 1 unspecified atom stereocenters. The number of benzene rings is 1. The summed E-state index contributed by atoms with van der Waals surface area (Å²) in [5.41, 5.74) is 0.971. The molecule has 2 amide bonds. The first-order valence-corrected chi connectivity index (χ1v) is 10.2. The van der Waals surface area contributed by atoms with Crippen LogP contribution in [0.2, 0.25) is 0 Å². The van der Waals surface area contributed by atoms with Gasteiger partial charge in [0.05, 0.1) is 29.5 Å². The fraction of sp³-hybridized carbons (Fsp3) is 0.400. The van der Waals surface area contributed by atoms with Crippen molar-refractivity contribution in [3.63, 3.8) is 0 Å². The fourth-order valence-electron chi connectivity index (χ4n) is 2.89. The van der Waals surface area contributed by atoms with Gasteiger partial charge in [0.15, 0.2) is 0 Å². The summed E-state index contributed by atoms with van der Waals surface area (Å²) in [7, 11) is 0. The zero-order chi connectivity index (χ0) is 19.9. The first-order valence-electron chi connectivity index (χ1n) is 9.33. The van der Waals surface area contributed by atoms with Crippen LogP contribution in [0, 0.1) is 0 Å². The van der Waals surface area contributed by atoms with Crippen molar-refractivity contribution in [3.8, 4) is 11.5 Å². The zero-order valence-corrected chi connectivity index (χ0v) is 16.8. The SMILES string of the molecule is CCOc1cc(NC(=O)C2CCCO2)c(OCC)cc1NC(=O)c1cccs1. The molecule has 2 heterocycles. The Morgan fingerprint density at radius 3 is 2.36 bits per heavy atom. The molecule has 0 spiro atoms. The highest BCUT2D eigenvalue weighted by atomic mass is 32.1. The standard InChI is InChI=1S/C20H24N2O5S/c1-3-25-16-12-14(22-20(24)18-8-6-10-28-18)17(26-4-2)11-13(16)21-19(23)15-7-5-9-27-15/h6,8,10-12,15H,3-5,7,9H2,1-2H3,(H,21,23)(H,22,24). The molecule has 8 heteroatoms. The van der Waals surface area contributed by atoms with E-state index in [0.717, 1.165) is 6.42 Å². The second-order valence-electron chi connectivity index (χ2n) is 6.13. The van der Waals surface area contributed by atoms with Crippen molar-refractivity contribution in [1.82, 2.24) is 0 Å². The van der Waals surface area contributed by atoms with Crippen molar-refractivity contribution in [2.75, 3.05) is 30.5 Å². The Hall–Kier alpha value is -2.58. The second kappa shape index (κ2) is 9.57. The average molecular weight is 404 g/mol. The highest BCUT2D eigenvalue weighted by molar-refractivity contribution is 7.12. The Morgan fingerprint density at radius 1 is 1.14 bits per heavy atom. The van der Waals surface area contributed by atoms with Gasteiger partial charge in [-0.1, -0.05) is 6.07 Å². The maximum atomic E-state index is 12.5. The lowest BCUT2D eigenvalue weighted by Crippen LogP contribution is -2.27. The molecule has 2 N–H and O–H groups in total. The molecule has 150 valence electrons. The number of rotatable bonds is 8. The maximum absolute atomic E-state index is 12.5. The third-order valence-corrected chi connectivity index (χ3v) is 5.02. The molecule has 2 aromatic rings. The van der Waals surface area contributed by atoms with Gasteiger partial charge in [-0.2, -0.15) is 0 Å². The van der Waals surface area contributed by atoms with Gasteiger partial charge in [0.2, 0.25) is 0 Å². The van der Waals surface area contributed by atoms with Gasteiger partial charge in [-0.15, -0.1) is 11.3 Å². The van der Waals surface area contributed by atoms with Crippen molar-refractivity contribution in [2.24, 2.45) is 0 Å². The molecule has 1 fully saturated rings. The molecular formula is C20H24N2O5S. The molecule has 0 radical (unpaired) electrons. The van der Waals surface area contributed by atoms with Crippen LogP contribution in [0.5, 0.6) is 11.5 Å². The van der Waals surface area contributed by atoms with Gasteiger partial charge < -0.3 is 24.8 Å². The largest absolute Gasteiger partial charge is 0.492 e. The van der Waals surface area contributed by atoms with Crippen LogP contribution in [0.25, 0.3) is 0 Å². The average Bonchev–Trinajstić information content (AvgIpc) is 3.39. The summed E-state index contributed by atoms with van der Waals surface area (Å²) in [5, 5.41) is 7.57. The second-order valence-corrected chi connectivity index (χ2v) is 7.08. The van der Waals surface area contributed by atoms with Gasteiger partial charge in [0.25, 0.3) is 11.8 Å². The lowest BCUT2D eigenvalue weighted by Gasteiger charge is -2.18.